The van der Waals surface area contributed by atoms with Gasteiger partial charge >= 0.3 is 0 Å². The minimum atomic E-state index is 0.687. The summed E-state index contributed by atoms with van der Waals surface area (Å²) in [6.07, 6.45) is 7.55. The summed E-state index contributed by atoms with van der Waals surface area (Å²) in [6.45, 7) is 4.19. The minimum Gasteiger partial charge on any atom is -0.382 e. The van der Waals surface area contributed by atoms with Crippen LogP contribution in [0, 0.1) is 0 Å². The van der Waals surface area contributed by atoms with Gasteiger partial charge in [0.05, 0.1) is 19.8 Å². The smallest absolute Gasteiger partial charge is 0.0700 e. The molecule has 1 aliphatic rings. The van der Waals surface area contributed by atoms with Crippen LogP contribution in [-0.2, 0) is 9.47 Å². The van der Waals surface area contributed by atoms with E-state index in [2.05, 4.69) is 11.4 Å². The van der Waals surface area contributed by atoms with Gasteiger partial charge in [-0.2, -0.15) is 0 Å². The Bertz CT molecular complexity index is 180. The highest BCUT2D eigenvalue weighted by molar-refractivity contribution is 5.07. The molecule has 88 valence electrons. The number of rotatable bonds is 9. The standard InChI is InChI=1S/C12H23NO2/c1-14-10-11-15-9-8-13-7-6-12-4-2-3-5-12/h4,13H,2-3,5-11H2,1H3. The Kier molecular flexibility index (Phi) is 7.52. The molecule has 0 saturated heterocycles. The van der Waals surface area contributed by atoms with Crippen LogP contribution in [0.4, 0.5) is 0 Å². The molecule has 0 spiro atoms. The molecule has 0 fully saturated rings. The highest BCUT2D eigenvalue weighted by atomic mass is 16.5. The molecule has 0 saturated carbocycles. The van der Waals surface area contributed by atoms with E-state index in [0.29, 0.717) is 13.2 Å². The first-order valence-electron chi connectivity index (χ1n) is 5.89. The van der Waals surface area contributed by atoms with Crippen LogP contribution < -0.4 is 5.32 Å². The monoisotopic (exact) mass is 213 g/mol. The lowest BCUT2D eigenvalue weighted by Crippen LogP contribution is -2.21. The summed E-state index contributed by atoms with van der Waals surface area (Å²) in [6, 6.07) is 0. The van der Waals surface area contributed by atoms with Gasteiger partial charge in [0.25, 0.3) is 0 Å². The van der Waals surface area contributed by atoms with E-state index >= 15 is 0 Å². The fraction of sp³-hybridized carbons (Fsp3) is 0.833. The Hall–Kier alpha value is -0.380. The Balaban J connectivity index is 1.77. The van der Waals surface area contributed by atoms with Crippen molar-refractivity contribution < 1.29 is 9.47 Å². The summed E-state index contributed by atoms with van der Waals surface area (Å²) in [5, 5.41) is 3.38. The number of hydrogen-bond acceptors (Lipinski definition) is 3. The number of nitrogens with one attached hydrogen (secondary N) is 1. The average molecular weight is 213 g/mol. The lowest BCUT2D eigenvalue weighted by atomic mass is 10.2. The van der Waals surface area contributed by atoms with Crippen molar-refractivity contribution >= 4 is 0 Å². The van der Waals surface area contributed by atoms with Gasteiger partial charge in [-0.15, -0.1) is 0 Å². The Morgan fingerprint density at radius 2 is 2.20 bits per heavy atom. The van der Waals surface area contributed by atoms with Gasteiger partial charge in [-0.1, -0.05) is 11.6 Å². The molecule has 0 radical (unpaired) electrons. The molecule has 0 atom stereocenters. The number of ether oxygens (including phenoxy) is 2. The second-order valence-electron chi connectivity index (χ2n) is 3.86. The molecule has 0 aromatic rings. The molecule has 15 heavy (non-hydrogen) atoms. The van der Waals surface area contributed by atoms with Crippen molar-refractivity contribution in [3.63, 3.8) is 0 Å². The first-order valence-corrected chi connectivity index (χ1v) is 5.89. The van der Waals surface area contributed by atoms with Crippen molar-refractivity contribution in [2.45, 2.75) is 25.7 Å². The van der Waals surface area contributed by atoms with E-state index in [1.165, 1.54) is 25.7 Å². The third kappa shape index (κ3) is 6.66. The second-order valence-corrected chi connectivity index (χ2v) is 3.86. The highest BCUT2D eigenvalue weighted by Crippen LogP contribution is 2.19. The number of hydrogen-bond donors (Lipinski definition) is 1. The molecular formula is C12H23NO2. The molecule has 0 unspecified atom stereocenters. The van der Waals surface area contributed by atoms with Crippen LogP contribution in [-0.4, -0.2) is 40.0 Å². The van der Waals surface area contributed by atoms with Crippen molar-refractivity contribution in [1.82, 2.24) is 5.32 Å². The largest absolute Gasteiger partial charge is 0.382 e. The summed E-state index contributed by atoms with van der Waals surface area (Å²) in [5.41, 5.74) is 1.63. The van der Waals surface area contributed by atoms with Crippen molar-refractivity contribution in [1.29, 1.82) is 0 Å². The Labute approximate surface area is 92.8 Å². The molecule has 1 N–H and O–H groups in total. The molecule has 0 aliphatic heterocycles. The first kappa shape index (κ1) is 12.7. The van der Waals surface area contributed by atoms with Gasteiger partial charge in [-0.3, -0.25) is 0 Å². The van der Waals surface area contributed by atoms with E-state index in [9.17, 15) is 0 Å². The zero-order valence-corrected chi connectivity index (χ0v) is 9.76. The molecule has 0 aromatic carbocycles. The quantitative estimate of drug-likeness (QED) is 0.467. The van der Waals surface area contributed by atoms with Crippen molar-refractivity contribution in [3.05, 3.63) is 11.6 Å². The van der Waals surface area contributed by atoms with Crippen LogP contribution in [0.2, 0.25) is 0 Å². The van der Waals surface area contributed by atoms with Crippen LogP contribution in [0.3, 0.4) is 0 Å². The molecule has 0 heterocycles. The van der Waals surface area contributed by atoms with Gasteiger partial charge in [0.2, 0.25) is 0 Å². The van der Waals surface area contributed by atoms with E-state index < -0.39 is 0 Å². The van der Waals surface area contributed by atoms with Crippen molar-refractivity contribution in [3.8, 4) is 0 Å². The van der Waals surface area contributed by atoms with Crippen LogP contribution >= 0.6 is 0 Å². The van der Waals surface area contributed by atoms with E-state index in [-0.39, 0.29) is 0 Å². The Morgan fingerprint density at radius 1 is 1.27 bits per heavy atom. The van der Waals surface area contributed by atoms with Crippen LogP contribution in [0.1, 0.15) is 25.7 Å². The maximum Gasteiger partial charge on any atom is 0.0700 e. The predicted octanol–water partition coefficient (Wildman–Crippen LogP) is 1.74. The highest BCUT2D eigenvalue weighted by Gasteiger charge is 2.02. The van der Waals surface area contributed by atoms with Crippen LogP contribution in [0.5, 0.6) is 0 Å². The summed E-state index contributed by atoms with van der Waals surface area (Å²) in [7, 11) is 1.69. The van der Waals surface area contributed by atoms with E-state index in [1.807, 2.05) is 0 Å². The van der Waals surface area contributed by atoms with Gasteiger partial charge in [-0.05, 0) is 32.2 Å². The van der Waals surface area contributed by atoms with Gasteiger partial charge in [0.15, 0.2) is 0 Å². The average Bonchev–Trinajstić information content (AvgIpc) is 2.75. The summed E-state index contributed by atoms with van der Waals surface area (Å²) < 4.78 is 10.2. The van der Waals surface area contributed by atoms with Gasteiger partial charge in [-0.25, -0.2) is 0 Å². The normalized spacial score (nSPS) is 15.7. The predicted molar refractivity (Wildman–Crippen MR) is 62.1 cm³/mol. The Morgan fingerprint density at radius 3 is 2.93 bits per heavy atom. The summed E-state index contributed by atoms with van der Waals surface area (Å²) >= 11 is 0. The lowest BCUT2D eigenvalue weighted by molar-refractivity contribution is 0.0721. The SMILES string of the molecule is COCCOCCNCCC1=CCCC1. The summed E-state index contributed by atoms with van der Waals surface area (Å²) in [5.74, 6) is 0. The number of allylic oxidation sites excluding steroid dienone is 1. The second kappa shape index (κ2) is 8.89. The van der Waals surface area contributed by atoms with Crippen LogP contribution in [0.25, 0.3) is 0 Å². The van der Waals surface area contributed by atoms with E-state index in [4.69, 9.17) is 9.47 Å². The van der Waals surface area contributed by atoms with Gasteiger partial charge in [0.1, 0.15) is 0 Å². The number of methoxy groups -OCH3 is 1. The van der Waals surface area contributed by atoms with Gasteiger partial charge < -0.3 is 14.8 Å². The maximum atomic E-state index is 5.34. The van der Waals surface area contributed by atoms with E-state index in [1.54, 1.807) is 12.7 Å². The first-order chi connectivity index (χ1) is 7.43. The molecule has 3 nitrogen and oxygen atoms in total. The van der Waals surface area contributed by atoms with Gasteiger partial charge in [0, 0.05) is 13.7 Å². The van der Waals surface area contributed by atoms with Crippen LogP contribution in [0.15, 0.2) is 11.6 Å². The minimum absolute atomic E-state index is 0.687. The fourth-order valence-corrected chi connectivity index (χ4v) is 1.73. The molecule has 0 aromatic heterocycles. The molecule has 0 amide bonds. The summed E-state index contributed by atoms with van der Waals surface area (Å²) in [4.78, 5) is 0. The molecule has 1 rings (SSSR count). The van der Waals surface area contributed by atoms with E-state index in [0.717, 1.165) is 19.7 Å². The van der Waals surface area contributed by atoms with Crippen molar-refractivity contribution in [2.24, 2.45) is 0 Å². The lowest BCUT2D eigenvalue weighted by Gasteiger charge is -2.06. The third-order valence-corrected chi connectivity index (χ3v) is 2.61. The topological polar surface area (TPSA) is 30.5 Å². The third-order valence-electron chi connectivity index (χ3n) is 2.61. The molecule has 0 bridgehead atoms. The zero-order valence-electron chi connectivity index (χ0n) is 9.76. The van der Waals surface area contributed by atoms with Crippen molar-refractivity contribution in [2.75, 3.05) is 40.0 Å². The molecular weight excluding hydrogens is 190 g/mol. The molecule has 3 heteroatoms. The maximum absolute atomic E-state index is 5.34. The zero-order chi connectivity index (χ0) is 10.8. The fourth-order valence-electron chi connectivity index (χ4n) is 1.73. The molecule has 1 aliphatic carbocycles.